The van der Waals surface area contributed by atoms with Gasteiger partial charge >= 0.3 is 0 Å². The van der Waals surface area contributed by atoms with E-state index in [4.69, 9.17) is 16.6 Å². The molecule has 0 amide bonds. The average Bonchev–Trinajstić information content (AvgIpc) is 2.53. The van der Waals surface area contributed by atoms with Gasteiger partial charge in [-0.3, -0.25) is 0 Å². The molecule has 0 saturated carbocycles. The van der Waals surface area contributed by atoms with E-state index >= 15 is 0 Å². The minimum absolute atomic E-state index is 0.416. The molecule has 21 heavy (non-hydrogen) atoms. The fraction of sp³-hybridized carbons (Fsp3) is 0.167. The number of hydrogen-bond donors (Lipinski definition) is 0. The number of nitrogens with zero attached hydrogens (tertiary/aromatic N) is 2. The van der Waals surface area contributed by atoms with Crippen molar-refractivity contribution in [1.29, 1.82) is 0 Å². The summed E-state index contributed by atoms with van der Waals surface area (Å²) >= 11 is 6.00. The highest BCUT2D eigenvalue weighted by Crippen LogP contribution is 2.31. The molecule has 0 N–H and O–H groups in total. The summed E-state index contributed by atoms with van der Waals surface area (Å²) in [5.74, 6) is 1.36. The zero-order valence-corrected chi connectivity index (χ0v) is 12.9. The minimum Gasteiger partial charge on any atom is -0.329 e. The third-order valence-corrected chi connectivity index (χ3v) is 3.98. The molecule has 1 heterocycles. The van der Waals surface area contributed by atoms with E-state index in [2.05, 4.69) is 49.2 Å². The third kappa shape index (κ3) is 2.59. The first-order valence-electron chi connectivity index (χ1n) is 6.94. The van der Waals surface area contributed by atoms with Gasteiger partial charge in [0.05, 0.1) is 11.6 Å². The van der Waals surface area contributed by atoms with E-state index in [1.807, 2.05) is 24.3 Å². The molecule has 2 nitrogen and oxygen atoms in total. The molecule has 0 aliphatic rings. The van der Waals surface area contributed by atoms with Gasteiger partial charge in [0.2, 0.25) is 0 Å². The van der Waals surface area contributed by atoms with Gasteiger partial charge in [-0.1, -0.05) is 42.5 Å². The molecule has 3 aromatic rings. The summed E-state index contributed by atoms with van der Waals surface area (Å²) < 4.78 is 0. The van der Waals surface area contributed by atoms with Gasteiger partial charge in [-0.2, -0.15) is 0 Å². The van der Waals surface area contributed by atoms with Crippen LogP contribution in [-0.2, 0) is 5.88 Å². The number of anilines is 2. The standard InChI is InChI=1S/C18H17ClN2/c1-13-7-3-6-10-17(13)21(2)18-16-9-5-4-8-14(16)11-15(12-19)20-18/h3-11H,12H2,1-2H3. The van der Waals surface area contributed by atoms with Crippen molar-refractivity contribution < 1.29 is 0 Å². The second kappa shape index (κ2) is 5.74. The Morgan fingerprint density at radius 3 is 2.52 bits per heavy atom. The smallest absolute Gasteiger partial charge is 0.140 e. The van der Waals surface area contributed by atoms with E-state index in [-0.39, 0.29) is 0 Å². The topological polar surface area (TPSA) is 16.1 Å². The second-order valence-electron chi connectivity index (χ2n) is 5.14. The lowest BCUT2D eigenvalue weighted by Crippen LogP contribution is -2.13. The molecule has 0 aliphatic carbocycles. The van der Waals surface area contributed by atoms with Crippen LogP contribution < -0.4 is 4.90 Å². The summed E-state index contributed by atoms with van der Waals surface area (Å²) in [5.41, 5.74) is 3.27. The van der Waals surface area contributed by atoms with E-state index in [0.29, 0.717) is 5.88 Å². The predicted molar refractivity (Wildman–Crippen MR) is 90.5 cm³/mol. The molecule has 3 heteroatoms. The van der Waals surface area contributed by atoms with E-state index in [0.717, 1.165) is 22.6 Å². The summed E-state index contributed by atoms with van der Waals surface area (Å²) in [4.78, 5) is 6.86. The molecule has 3 rings (SSSR count). The zero-order valence-electron chi connectivity index (χ0n) is 12.2. The van der Waals surface area contributed by atoms with Crippen LogP contribution in [0.2, 0.25) is 0 Å². The van der Waals surface area contributed by atoms with Crippen LogP contribution >= 0.6 is 11.6 Å². The molecule has 0 fully saturated rings. The number of alkyl halides is 1. The van der Waals surface area contributed by atoms with Gasteiger partial charge in [0, 0.05) is 18.1 Å². The Kier molecular flexibility index (Phi) is 3.80. The highest BCUT2D eigenvalue weighted by molar-refractivity contribution is 6.17. The van der Waals surface area contributed by atoms with Crippen LogP contribution in [0, 0.1) is 6.92 Å². The lowest BCUT2D eigenvalue weighted by molar-refractivity contribution is 1.09. The van der Waals surface area contributed by atoms with Crippen molar-refractivity contribution in [3.8, 4) is 0 Å². The van der Waals surface area contributed by atoms with Crippen LogP contribution in [0.1, 0.15) is 11.3 Å². The van der Waals surface area contributed by atoms with Crippen molar-refractivity contribution in [2.75, 3.05) is 11.9 Å². The summed E-state index contributed by atoms with van der Waals surface area (Å²) in [5, 5.41) is 2.30. The van der Waals surface area contributed by atoms with Crippen molar-refractivity contribution in [3.63, 3.8) is 0 Å². The Morgan fingerprint density at radius 2 is 1.76 bits per heavy atom. The molecule has 0 bridgehead atoms. The van der Waals surface area contributed by atoms with Gasteiger partial charge in [0.15, 0.2) is 0 Å². The fourth-order valence-electron chi connectivity index (χ4n) is 2.61. The number of para-hydroxylation sites is 1. The Hall–Kier alpha value is -2.06. The lowest BCUT2D eigenvalue weighted by atomic mass is 10.1. The van der Waals surface area contributed by atoms with E-state index in [1.54, 1.807) is 0 Å². The zero-order chi connectivity index (χ0) is 14.8. The van der Waals surface area contributed by atoms with Crippen molar-refractivity contribution in [2.45, 2.75) is 12.8 Å². The van der Waals surface area contributed by atoms with Crippen LogP contribution in [0.25, 0.3) is 10.8 Å². The van der Waals surface area contributed by atoms with Crippen LogP contribution in [0.4, 0.5) is 11.5 Å². The molecule has 0 aliphatic heterocycles. The number of aryl methyl sites for hydroxylation is 1. The number of benzene rings is 2. The van der Waals surface area contributed by atoms with Crippen molar-refractivity contribution in [2.24, 2.45) is 0 Å². The molecule has 106 valence electrons. The molecular weight excluding hydrogens is 280 g/mol. The van der Waals surface area contributed by atoms with Crippen molar-refractivity contribution in [3.05, 3.63) is 65.9 Å². The Bertz CT molecular complexity index is 783. The molecule has 1 aromatic heterocycles. The number of halogens is 1. The summed E-state index contributed by atoms with van der Waals surface area (Å²) in [6.45, 7) is 2.11. The average molecular weight is 297 g/mol. The number of aromatic nitrogens is 1. The number of rotatable bonds is 3. The van der Waals surface area contributed by atoms with Gasteiger partial charge in [-0.25, -0.2) is 4.98 Å². The van der Waals surface area contributed by atoms with Crippen LogP contribution in [0.3, 0.4) is 0 Å². The number of hydrogen-bond acceptors (Lipinski definition) is 2. The third-order valence-electron chi connectivity index (χ3n) is 3.70. The fourth-order valence-corrected chi connectivity index (χ4v) is 2.75. The van der Waals surface area contributed by atoms with Crippen molar-refractivity contribution >= 4 is 33.9 Å². The highest BCUT2D eigenvalue weighted by atomic mass is 35.5. The van der Waals surface area contributed by atoms with Gasteiger partial charge in [0.1, 0.15) is 5.82 Å². The minimum atomic E-state index is 0.416. The Morgan fingerprint density at radius 1 is 1.05 bits per heavy atom. The van der Waals surface area contributed by atoms with E-state index < -0.39 is 0 Å². The lowest BCUT2D eigenvalue weighted by Gasteiger charge is -2.22. The normalized spacial score (nSPS) is 10.8. The summed E-state index contributed by atoms with van der Waals surface area (Å²) in [6, 6.07) is 18.7. The van der Waals surface area contributed by atoms with Crippen LogP contribution in [0.15, 0.2) is 54.6 Å². The summed E-state index contributed by atoms with van der Waals surface area (Å²) in [6.07, 6.45) is 0. The van der Waals surface area contributed by atoms with Crippen molar-refractivity contribution in [1.82, 2.24) is 4.98 Å². The highest BCUT2D eigenvalue weighted by Gasteiger charge is 2.12. The molecule has 0 unspecified atom stereocenters. The SMILES string of the molecule is Cc1ccccc1N(C)c1nc(CCl)cc2ccccc12. The monoisotopic (exact) mass is 296 g/mol. The molecule has 0 spiro atoms. The number of pyridine rings is 1. The van der Waals surface area contributed by atoms with Crippen LogP contribution in [-0.4, -0.2) is 12.0 Å². The van der Waals surface area contributed by atoms with E-state index in [9.17, 15) is 0 Å². The predicted octanol–water partition coefficient (Wildman–Crippen LogP) is 5.05. The maximum Gasteiger partial charge on any atom is 0.140 e. The van der Waals surface area contributed by atoms with Gasteiger partial charge in [-0.05, 0) is 30.0 Å². The van der Waals surface area contributed by atoms with Gasteiger partial charge in [-0.15, -0.1) is 11.6 Å². The van der Waals surface area contributed by atoms with E-state index in [1.165, 1.54) is 10.9 Å². The number of fused-ring (bicyclic) bond motifs is 1. The summed E-state index contributed by atoms with van der Waals surface area (Å²) in [7, 11) is 2.05. The maximum atomic E-state index is 6.00. The molecule has 0 radical (unpaired) electrons. The largest absolute Gasteiger partial charge is 0.329 e. The molecular formula is C18H17ClN2. The Balaban J connectivity index is 2.21. The quantitative estimate of drug-likeness (QED) is 0.629. The second-order valence-corrected chi connectivity index (χ2v) is 5.40. The first-order valence-corrected chi connectivity index (χ1v) is 7.48. The van der Waals surface area contributed by atoms with Gasteiger partial charge in [0.25, 0.3) is 0 Å². The van der Waals surface area contributed by atoms with Gasteiger partial charge < -0.3 is 4.90 Å². The first kappa shape index (κ1) is 13.9. The molecule has 0 saturated heterocycles. The maximum absolute atomic E-state index is 6.00. The molecule has 2 aromatic carbocycles. The first-order chi connectivity index (χ1) is 10.2. The Labute approximate surface area is 130 Å². The van der Waals surface area contributed by atoms with Crippen LogP contribution in [0.5, 0.6) is 0 Å². The molecule has 0 atom stereocenters.